The van der Waals surface area contributed by atoms with Crippen molar-refractivity contribution in [3.63, 3.8) is 0 Å². The lowest BCUT2D eigenvalue weighted by atomic mass is 10.1. The first kappa shape index (κ1) is 13.8. The number of benzene rings is 1. The third-order valence-electron chi connectivity index (χ3n) is 3.68. The molecule has 0 aliphatic carbocycles. The maximum atomic E-state index is 12.9. The van der Waals surface area contributed by atoms with Crippen LogP contribution in [0.2, 0.25) is 0 Å². The van der Waals surface area contributed by atoms with Crippen LogP contribution in [-0.4, -0.2) is 44.7 Å². The molecule has 2 aromatic rings. The number of hydrogen-bond donors (Lipinski definition) is 1. The van der Waals surface area contributed by atoms with Crippen molar-refractivity contribution >= 4 is 5.91 Å². The van der Waals surface area contributed by atoms with Crippen LogP contribution in [0.15, 0.2) is 36.8 Å². The summed E-state index contributed by atoms with van der Waals surface area (Å²) in [5, 5.41) is 9.47. The molecule has 1 aliphatic rings. The van der Waals surface area contributed by atoms with E-state index in [0.717, 1.165) is 5.69 Å². The smallest absolute Gasteiger partial charge is 0.274 e. The average Bonchev–Trinajstić information content (AvgIpc) is 2.98. The molecule has 0 unspecified atom stereocenters. The molecule has 0 atom stereocenters. The quantitative estimate of drug-likeness (QED) is 0.913. The van der Waals surface area contributed by atoms with Gasteiger partial charge in [0.2, 0.25) is 0 Å². The molecule has 0 radical (unpaired) electrons. The zero-order chi connectivity index (χ0) is 14.8. The summed E-state index contributed by atoms with van der Waals surface area (Å²) in [5.41, 5.74) is 1.10. The minimum Gasteiger partial charge on any atom is -0.393 e. The Morgan fingerprint density at radius 3 is 2.57 bits per heavy atom. The lowest BCUT2D eigenvalue weighted by Gasteiger charge is -2.28. The Balaban J connectivity index is 1.75. The number of likely N-dealkylation sites (tertiary alicyclic amines) is 1. The lowest BCUT2D eigenvalue weighted by Crippen LogP contribution is -2.40. The minimum absolute atomic E-state index is 0.136. The van der Waals surface area contributed by atoms with Gasteiger partial charge in [-0.3, -0.25) is 4.79 Å². The van der Waals surface area contributed by atoms with Gasteiger partial charge in [0.05, 0.1) is 6.10 Å². The summed E-state index contributed by atoms with van der Waals surface area (Å²) in [6, 6.07) is 5.98. The SMILES string of the molecule is O=C(c1cn(-c2ccc(F)cc2)cn1)N1CCC(O)CC1. The van der Waals surface area contributed by atoms with Crippen LogP contribution in [0.25, 0.3) is 5.69 Å². The van der Waals surface area contributed by atoms with Crippen LogP contribution in [0, 0.1) is 5.82 Å². The zero-order valence-corrected chi connectivity index (χ0v) is 11.4. The molecular formula is C15H16FN3O2. The molecule has 1 N–H and O–H groups in total. The van der Waals surface area contributed by atoms with Crippen molar-refractivity contribution in [2.24, 2.45) is 0 Å². The van der Waals surface area contributed by atoms with Crippen LogP contribution in [0.4, 0.5) is 4.39 Å². The number of aliphatic hydroxyl groups excluding tert-OH is 1. The molecular weight excluding hydrogens is 273 g/mol. The first-order chi connectivity index (χ1) is 10.1. The van der Waals surface area contributed by atoms with Gasteiger partial charge >= 0.3 is 0 Å². The number of rotatable bonds is 2. The highest BCUT2D eigenvalue weighted by atomic mass is 19.1. The average molecular weight is 289 g/mol. The van der Waals surface area contributed by atoms with Crippen molar-refractivity contribution in [1.29, 1.82) is 0 Å². The Morgan fingerprint density at radius 2 is 1.90 bits per heavy atom. The van der Waals surface area contributed by atoms with E-state index in [0.29, 0.717) is 31.6 Å². The summed E-state index contributed by atoms with van der Waals surface area (Å²) in [4.78, 5) is 18.1. The molecule has 21 heavy (non-hydrogen) atoms. The molecule has 1 aromatic carbocycles. The van der Waals surface area contributed by atoms with Crippen LogP contribution in [0.3, 0.4) is 0 Å². The van der Waals surface area contributed by atoms with Gasteiger partial charge in [-0.15, -0.1) is 0 Å². The molecule has 110 valence electrons. The predicted molar refractivity (Wildman–Crippen MR) is 74.7 cm³/mol. The van der Waals surface area contributed by atoms with E-state index in [1.807, 2.05) is 0 Å². The van der Waals surface area contributed by atoms with E-state index in [1.165, 1.54) is 12.1 Å². The molecule has 3 rings (SSSR count). The number of carbonyl (C=O) groups is 1. The number of nitrogens with zero attached hydrogens (tertiary/aromatic N) is 3. The number of imidazole rings is 1. The van der Waals surface area contributed by atoms with E-state index in [1.54, 1.807) is 34.1 Å². The van der Waals surface area contributed by atoms with Gasteiger partial charge < -0.3 is 14.6 Å². The summed E-state index contributed by atoms with van der Waals surface area (Å²) < 4.78 is 14.6. The molecule has 1 aromatic heterocycles. The highest BCUT2D eigenvalue weighted by molar-refractivity contribution is 5.92. The van der Waals surface area contributed by atoms with E-state index in [2.05, 4.69) is 4.98 Å². The number of halogens is 1. The van der Waals surface area contributed by atoms with Crippen molar-refractivity contribution in [1.82, 2.24) is 14.5 Å². The number of piperidine rings is 1. The van der Waals surface area contributed by atoms with Crippen molar-refractivity contribution in [3.05, 3.63) is 48.3 Å². The highest BCUT2D eigenvalue weighted by Gasteiger charge is 2.23. The first-order valence-electron chi connectivity index (χ1n) is 6.91. The molecule has 0 saturated carbocycles. The fourth-order valence-electron chi connectivity index (χ4n) is 2.42. The standard InChI is InChI=1S/C15H16FN3O2/c16-11-1-3-12(4-2-11)19-9-14(17-10-19)15(21)18-7-5-13(20)6-8-18/h1-4,9-10,13,20H,5-8H2. The van der Waals surface area contributed by atoms with Gasteiger partial charge in [0, 0.05) is 25.0 Å². The Morgan fingerprint density at radius 1 is 1.24 bits per heavy atom. The second-order valence-electron chi connectivity index (χ2n) is 5.17. The maximum absolute atomic E-state index is 12.9. The second-order valence-corrected chi connectivity index (χ2v) is 5.17. The Labute approximate surface area is 121 Å². The lowest BCUT2D eigenvalue weighted by molar-refractivity contribution is 0.0542. The van der Waals surface area contributed by atoms with Crippen molar-refractivity contribution < 1.29 is 14.3 Å². The molecule has 1 saturated heterocycles. The largest absolute Gasteiger partial charge is 0.393 e. The van der Waals surface area contributed by atoms with Crippen molar-refractivity contribution in [3.8, 4) is 5.69 Å². The third-order valence-corrected chi connectivity index (χ3v) is 3.68. The molecule has 0 bridgehead atoms. The Kier molecular flexibility index (Phi) is 3.70. The molecule has 5 nitrogen and oxygen atoms in total. The van der Waals surface area contributed by atoms with Gasteiger partial charge in [0.25, 0.3) is 5.91 Å². The normalized spacial score (nSPS) is 16.2. The first-order valence-corrected chi connectivity index (χ1v) is 6.91. The fraction of sp³-hybridized carbons (Fsp3) is 0.333. The van der Waals surface area contributed by atoms with Gasteiger partial charge in [0.15, 0.2) is 0 Å². The molecule has 1 amide bonds. The van der Waals surface area contributed by atoms with Crippen LogP contribution in [0.5, 0.6) is 0 Å². The fourth-order valence-corrected chi connectivity index (χ4v) is 2.42. The van der Waals surface area contributed by atoms with Crippen molar-refractivity contribution in [2.45, 2.75) is 18.9 Å². The van der Waals surface area contributed by atoms with Gasteiger partial charge in [-0.2, -0.15) is 0 Å². The number of aromatic nitrogens is 2. The number of hydrogen-bond acceptors (Lipinski definition) is 3. The van der Waals surface area contributed by atoms with Crippen LogP contribution >= 0.6 is 0 Å². The van der Waals surface area contributed by atoms with Gasteiger partial charge in [-0.1, -0.05) is 0 Å². The van der Waals surface area contributed by atoms with Gasteiger partial charge in [-0.25, -0.2) is 9.37 Å². The van der Waals surface area contributed by atoms with Gasteiger partial charge in [-0.05, 0) is 37.1 Å². The third kappa shape index (κ3) is 2.95. The maximum Gasteiger partial charge on any atom is 0.274 e. The number of amides is 1. The van der Waals surface area contributed by atoms with E-state index in [9.17, 15) is 14.3 Å². The molecule has 6 heteroatoms. The van der Waals surface area contributed by atoms with Crippen LogP contribution < -0.4 is 0 Å². The molecule has 1 aliphatic heterocycles. The Bertz CT molecular complexity index is 631. The molecule has 1 fully saturated rings. The topological polar surface area (TPSA) is 58.4 Å². The summed E-state index contributed by atoms with van der Waals surface area (Å²) in [5.74, 6) is -0.440. The van der Waals surface area contributed by atoms with Crippen LogP contribution in [0.1, 0.15) is 23.3 Å². The van der Waals surface area contributed by atoms with E-state index >= 15 is 0 Å². The van der Waals surface area contributed by atoms with E-state index in [-0.39, 0.29) is 17.8 Å². The molecule has 0 spiro atoms. The molecule has 2 heterocycles. The monoisotopic (exact) mass is 289 g/mol. The number of carbonyl (C=O) groups excluding carboxylic acids is 1. The van der Waals surface area contributed by atoms with Crippen LogP contribution in [-0.2, 0) is 0 Å². The second kappa shape index (κ2) is 5.65. The van der Waals surface area contributed by atoms with Crippen molar-refractivity contribution in [2.75, 3.05) is 13.1 Å². The summed E-state index contributed by atoms with van der Waals surface area (Å²) in [6.45, 7) is 1.09. The summed E-state index contributed by atoms with van der Waals surface area (Å²) >= 11 is 0. The van der Waals surface area contributed by atoms with E-state index in [4.69, 9.17) is 0 Å². The summed E-state index contributed by atoms with van der Waals surface area (Å²) in [6.07, 6.45) is 4.07. The van der Waals surface area contributed by atoms with E-state index < -0.39 is 0 Å². The zero-order valence-electron chi connectivity index (χ0n) is 11.4. The predicted octanol–water partition coefficient (Wildman–Crippen LogP) is 1.61. The summed E-state index contributed by atoms with van der Waals surface area (Å²) in [7, 11) is 0. The highest BCUT2D eigenvalue weighted by Crippen LogP contribution is 2.15. The minimum atomic E-state index is -0.314. The number of aliphatic hydroxyl groups is 1. The Hall–Kier alpha value is -2.21. The van der Waals surface area contributed by atoms with Gasteiger partial charge in [0.1, 0.15) is 17.8 Å².